The zero-order chi connectivity index (χ0) is 9.30. The summed E-state index contributed by atoms with van der Waals surface area (Å²) in [5.41, 5.74) is 0.00935. The monoisotopic (exact) mass is 399 g/mol. The molecule has 0 heterocycles. The minimum atomic E-state index is -1.44. The summed E-state index contributed by atoms with van der Waals surface area (Å²) < 4.78 is 39.1. The van der Waals surface area contributed by atoms with E-state index in [1.807, 2.05) is 0 Å². The molecule has 6 heteroatoms. The van der Waals surface area contributed by atoms with Gasteiger partial charge < -0.3 is 0 Å². The van der Waals surface area contributed by atoms with Crippen LogP contribution in [0.1, 0.15) is 0 Å². The maximum absolute atomic E-state index is 12.8. The topological polar surface area (TPSA) is 3.24 Å². The average molecular weight is 399 g/mol. The van der Waals surface area contributed by atoms with Crippen LogP contribution in [0.25, 0.3) is 0 Å². The third kappa shape index (κ3) is 1.95. The van der Waals surface area contributed by atoms with Gasteiger partial charge in [0.05, 0.1) is 51.4 Å². The van der Waals surface area contributed by atoms with E-state index in [9.17, 15) is 13.2 Å². The molecule has 0 saturated carbocycles. The van der Waals surface area contributed by atoms with Crippen LogP contribution in [0.3, 0.4) is 0 Å². The normalized spacial score (nSPS) is 10.1. The number of hydrogen-bond acceptors (Lipinski definition) is 1. The number of benzene rings is 1. The summed E-state index contributed by atoms with van der Waals surface area (Å²) in [6, 6.07) is 2.06. The second kappa shape index (κ2) is 3.99. The molecule has 0 amide bonds. The first-order chi connectivity index (χ1) is 5.54. The fourth-order valence-corrected chi connectivity index (χ4v) is 1.39. The lowest BCUT2D eigenvalue weighted by Gasteiger charge is -2.08. The predicted molar refractivity (Wildman–Crippen MR) is 56.8 cm³/mol. The van der Waals surface area contributed by atoms with E-state index in [2.05, 4.69) is 0 Å². The highest BCUT2D eigenvalue weighted by molar-refractivity contribution is 14.2. The smallest absolute Gasteiger partial charge is 0.196 e. The van der Waals surface area contributed by atoms with Crippen molar-refractivity contribution < 1.29 is 13.2 Å². The van der Waals surface area contributed by atoms with Crippen molar-refractivity contribution in [1.29, 1.82) is 0 Å². The lowest BCUT2D eigenvalue weighted by atomic mass is 10.3. The fraction of sp³-hybridized carbons (Fsp3) is 0. The Labute approximate surface area is 94.9 Å². The number of hydrogen-bond donors (Lipinski definition) is 0. The Hall–Kier alpha value is 0.270. The molecular formula is C6H2F3I2N. The molecule has 0 unspecified atom stereocenters. The molecule has 0 aliphatic heterocycles. The van der Waals surface area contributed by atoms with Gasteiger partial charge in [-0.2, -0.15) is 0 Å². The van der Waals surface area contributed by atoms with E-state index in [1.54, 1.807) is 45.7 Å². The van der Waals surface area contributed by atoms with E-state index in [0.29, 0.717) is 0 Å². The van der Waals surface area contributed by atoms with Gasteiger partial charge in [-0.3, -0.25) is 1.33 Å². The Kier molecular flexibility index (Phi) is 3.44. The molecule has 12 heavy (non-hydrogen) atoms. The molecule has 0 aliphatic rings. The van der Waals surface area contributed by atoms with Gasteiger partial charge in [0.2, 0.25) is 0 Å². The summed E-state index contributed by atoms with van der Waals surface area (Å²) in [7, 11) is 0. The molecule has 0 radical (unpaired) electrons. The third-order valence-corrected chi connectivity index (χ3v) is 2.24. The lowest BCUT2D eigenvalue weighted by molar-refractivity contribution is 0.449. The molecule has 0 spiro atoms. The Morgan fingerprint density at radius 3 is 2.08 bits per heavy atom. The maximum atomic E-state index is 12.8. The first kappa shape index (κ1) is 10.4. The van der Waals surface area contributed by atoms with Crippen molar-refractivity contribution in [2.24, 2.45) is 0 Å². The van der Waals surface area contributed by atoms with Gasteiger partial charge in [0.1, 0.15) is 0 Å². The molecule has 66 valence electrons. The molecular weight excluding hydrogens is 397 g/mol. The molecule has 0 fully saturated rings. The van der Waals surface area contributed by atoms with Crippen molar-refractivity contribution in [2.45, 2.75) is 0 Å². The maximum Gasteiger partial charge on any atom is 0.196 e. The van der Waals surface area contributed by atoms with Crippen LogP contribution in [-0.2, 0) is 0 Å². The van der Waals surface area contributed by atoms with Gasteiger partial charge in [0.15, 0.2) is 17.5 Å². The number of anilines is 1. The van der Waals surface area contributed by atoms with Crippen molar-refractivity contribution in [3.8, 4) is 0 Å². The molecule has 0 aromatic heterocycles. The second-order valence-corrected chi connectivity index (χ2v) is 5.70. The largest absolute Gasteiger partial charge is 0.252 e. The minimum absolute atomic E-state index is 0.00935. The van der Waals surface area contributed by atoms with Crippen molar-refractivity contribution in [2.75, 3.05) is 1.33 Å². The van der Waals surface area contributed by atoms with Crippen LogP contribution in [0.4, 0.5) is 18.9 Å². The molecule has 0 N–H and O–H groups in total. The summed E-state index contributed by atoms with van der Waals surface area (Å²) >= 11 is 3.51. The van der Waals surface area contributed by atoms with Crippen LogP contribution in [0.15, 0.2) is 12.1 Å². The van der Waals surface area contributed by atoms with Gasteiger partial charge in [0, 0.05) is 0 Å². The number of halogens is 5. The standard InChI is InChI=1S/C6H2F3I2N/c7-3-1-2-4(12(10)11)6(9)5(3)8/h1-2H. The van der Waals surface area contributed by atoms with Gasteiger partial charge in [-0.1, -0.05) is 0 Å². The van der Waals surface area contributed by atoms with E-state index < -0.39 is 17.5 Å². The average Bonchev–Trinajstić information content (AvgIpc) is 2.00. The van der Waals surface area contributed by atoms with E-state index in [1.165, 1.54) is 7.39 Å². The molecule has 1 aromatic rings. The quantitative estimate of drug-likeness (QED) is 0.397. The van der Waals surface area contributed by atoms with Crippen LogP contribution in [0.2, 0.25) is 0 Å². The van der Waals surface area contributed by atoms with E-state index in [-0.39, 0.29) is 5.69 Å². The highest BCUT2D eigenvalue weighted by Crippen LogP contribution is 2.28. The first-order valence-electron chi connectivity index (χ1n) is 2.79. The van der Waals surface area contributed by atoms with Crippen molar-refractivity contribution in [1.82, 2.24) is 0 Å². The van der Waals surface area contributed by atoms with Crippen LogP contribution in [0.5, 0.6) is 0 Å². The van der Waals surface area contributed by atoms with Crippen LogP contribution in [0, 0.1) is 17.5 Å². The summed E-state index contributed by atoms with van der Waals surface area (Å²) in [6.45, 7) is 0. The van der Waals surface area contributed by atoms with E-state index in [0.717, 1.165) is 6.07 Å². The second-order valence-electron chi connectivity index (χ2n) is 1.93. The molecule has 1 nitrogen and oxygen atoms in total. The van der Waals surface area contributed by atoms with E-state index >= 15 is 0 Å². The van der Waals surface area contributed by atoms with Crippen molar-refractivity contribution in [3.63, 3.8) is 0 Å². The molecule has 0 bridgehead atoms. The SMILES string of the molecule is Fc1ccc(N(I)I)c(F)c1F. The van der Waals surface area contributed by atoms with Crippen LogP contribution < -0.4 is 1.33 Å². The minimum Gasteiger partial charge on any atom is -0.252 e. The Balaban J connectivity index is 3.27. The summed E-state index contributed by atoms with van der Waals surface area (Å²) in [5, 5.41) is 0. The van der Waals surface area contributed by atoms with Crippen LogP contribution >= 0.6 is 45.7 Å². The zero-order valence-corrected chi connectivity index (χ0v) is 9.81. The number of nitrogens with zero attached hydrogens (tertiary/aromatic N) is 1. The molecule has 0 saturated heterocycles. The highest BCUT2D eigenvalue weighted by atomic mass is 127. The van der Waals surface area contributed by atoms with Crippen LogP contribution in [-0.4, -0.2) is 0 Å². The predicted octanol–water partition coefficient (Wildman–Crippen LogP) is 3.61. The van der Waals surface area contributed by atoms with Gasteiger partial charge in [0.25, 0.3) is 0 Å². The van der Waals surface area contributed by atoms with Crippen molar-refractivity contribution in [3.05, 3.63) is 29.6 Å². The number of rotatable bonds is 1. The summed E-state index contributed by atoms with van der Waals surface area (Å²) in [6.07, 6.45) is 0. The summed E-state index contributed by atoms with van der Waals surface area (Å²) in [5.74, 6) is -3.78. The Morgan fingerprint density at radius 2 is 1.58 bits per heavy atom. The first-order valence-corrected chi connectivity index (χ1v) is 4.72. The molecule has 1 aromatic carbocycles. The van der Waals surface area contributed by atoms with E-state index in [4.69, 9.17) is 0 Å². The molecule has 0 atom stereocenters. The molecule has 0 aliphatic carbocycles. The third-order valence-electron chi connectivity index (χ3n) is 1.20. The van der Waals surface area contributed by atoms with Gasteiger partial charge in [-0.25, -0.2) is 13.2 Å². The zero-order valence-electron chi connectivity index (χ0n) is 5.49. The highest BCUT2D eigenvalue weighted by Gasteiger charge is 2.15. The lowest BCUT2D eigenvalue weighted by Crippen LogP contribution is -1.98. The fourth-order valence-electron chi connectivity index (χ4n) is 0.646. The molecule has 1 rings (SSSR count). The van der Waals surface area contributed by atoms with Crippen molar-refractivity contribution >= 4 is 51.4 Å². The van der Waals surface area contributed by atoms with Gasteiger partial charge >= 0.3 is 0 Å². The van der Waals surface area contributed by atoms with Gasteiger partial charge in [-0.15, -0.1) is 0 Å². The summed E-state index contributed by atoms with van der Waals surface area (Å²) in [4.78, 5) is 0. The Morgan fingerprint density at radius 1 is 1.00 bits per heavy atom. The Bertz CT molecular complexity index is 303. The van der Waals surface area contributed by atoms with Gasteiger partial charge in [-0.05, 0) is 12.1 Å².